The maximum Gasteiger partial charge on any atom is 0.309 e. The number of carbonyl (C=O) groups is 1. The van der Waals surface area contributed by atoms with E-state index in [2.05, 4.69) is 6.07 Å². The van der Waals surface area contributed by atoms with Gasteiger partial charge in [-0.15, -0.1) is 0 Å². The molecule has 3 atom stereocenters. The second kappa shape index (κ2) is 7.74. The van der Waals surface area contributed by atoms with E-state index < -0.39 is 12.3 Å². The van der Waals surface area contributed by atoms with Crippen LogP contribution in [0.5, 0.6) is 0 Å². The summed E-state index contributed by atoms with van der Waals surface area (Å²) in [7, 11) is 0. The van der Waals surface area contributed by atoms with Crippen LogP contribution in [-0.4, -0.2) is 31.0 Å². The molecule has 21 heavy (non-hydrogen) atoms. The van der Waals surface area contributed by atoms with Gasteiger partial charge in [-0.05, 0) is 51.9 Å². The molecule has 2 aliphatic carbocycles. The van der Waals surface area contributed by atoms with E-state index in [1.165, 1.54) is 0 Å². The van der Waals surface area contributed by atoms with Crippen LogP contribution in [0.1, 0.15) is 51.9 Å². The van der Waals surface area contributed by atoms with Crippen LogP contribution in [0.2, 0.25) is 0 Å². The summed E-state index contributed by atoms with van der Waals surface area (Å²) in [6.07, 6.45) is 2.90. The summed E-state index contributed by atoms with van der Waals surface area (Å²) in [5.41, 5.74) is 0. The molecule has 0 aliphatic heterocycles. The fourth-order valence-electron chi connectivity index (χ4n) is 3.28. The molecule has 4 nitrogen and oxygen atoms in total. The first-order valence-electron chi connectivity index (χ1n) is 7.99. The second-order valence-electron chi connectivity index (χ2n) is 6.06. The highest BCUT2D eigenvalue weighted by Gasteiger charge is 2.35. The molecule has 0 N–H and O–H groups in total. The zero-order valence-corrected chi connectivity index (χ0v) is 12.6. The number of alkyl halides is 1. The third-order valence-corrected chi connectivity index (χ3v) is 4.57. The topological polar surface area (TPSA) is 59.3 Å². The van der Waals surface area contributed by atoms with Crippen molar-refractivity contribution in [3.05, 3.63) is 0 Å². The third-order valence-electron chi connectivity index (χ3n) is 4.57. The highest BCUT2D eigenvalue weighted by atomic mass is 19.1. The smallest absolute Gasteiger partial charge is 0.309 e. The molecule has 2 aliphatic rings. The van der Waals surface area contributed by atoms with Gasteiger partial charge in [-0.2, -0.15) is 5.26 Å². The molecule has 0 aromatic carbocycles. The minimum atomic E-state index is -1.20. The van der Waals surface area contributed by atoms with Crippen molar-refractivity contribution in [2.24, 2.45) is 11.8 Å². The highest BCUT2D eigenvalue weighted by Crippen LogP contribution is 2.31. The number of hydrogen-bond donors (Lipinski definition) is 0. The van der Waals surface area contributed by atoms with Gasteiger partial charge in [-0.3, -0.25) is 4.79 Å². The molecular weight excluding hydrogens is 273 g/mol. The van der Waals surface area contributed by atoms with Crippen LogP contribution in [-0.2, 0) is 14.3 Å². The lowest BCUT2D eigenvalue weighted by Crippen LogP contribution is -2.37. The van der Waals surface area contributed by atoms with Crippen molar-refractivity contribution in [2.75, 3.05) is 6.61 Å². The number of ether oxygens (including phenoxy) is 2. The number of hydrogen-bond acceptors (Lipinski definition) is 4. The fourth-order valence-corrected chi connectivity index (χ4v) is 3.28. The van der Waals surface area contributed by atoms with Gasteiger partial charge in [0.2, 0.25) is 0 Å². The highest BCUT2D eigenvalue weighted by molar-refractivity contribution is 5.72. The van der Waals surface area contributed by atoms with Gasteiger partial charge >= 0.3 is 5.97 Å². The summed E-state index contributed by atoms with van der Waals surface area (Å²) in [6.45, 7) is 2.67. The molecule has 0 spiro atoms. The molecule has 2 rings (SSSR count). The minimum absolute atomic E-state index is 0.123. The Labute approximate surface area is 125 Å². The average molecular weight is 297 g/mol. The normalized spacial score (nSPS) is 36.7. The van der Waals surface area contributed by atoms with Gasteiger partial charge in [-0.1, -0.05) is 0 Å². The molecule has 2 saturated carbocycles. The van der Waals surface area contributed by atoms with E-state index in [9.17, 15) is 9.18 Å². The van der Waals surface area contributed by atoms with Crippen LogP contribution in [0.4, 0.5) is 4.39 Å². The molecular formula is C16H24FNO3. The van der Waals surface area contributed by atoms with Crippen molar-refractivity contribution in [2.45, 2.75) is 70.2 Å². The number of halogens is 1. The fraction of sp³-hybridized carbons (Fsp3) is 0.875. The third kappa shape index (κ3) is 4.41. The summed E-state index contributed by atoms with van der Waals surface area (Å²) >= 11 is 0. The maximum absolute atomic E-state index is 13.9. The van der Waals surface area contributed by atoms with E-state index in [0.717, 1.165) is 25.7 Å². The Bertz CT molecular complexity index is 387. The Hall–Kier alpha value is -1.15. The summed E-state index contributed by atoms with van der Waals surface area (Å²) < 4.78 is 24.9. The summed E-state index contributed by atoms with van der Waals surface area (Å²) in [4.78, 5) is 12.1. The maximum atomic E-state index is 13.9. The monoisotopic (exact) mass is 297 g/mol. The van der Waals surface area contributed by atoms with E-state index in [0.29, 0.717) is 19.4 Å². The first-order valence-corrected chi connectivity index (χ1v) is 7.99. The van der Waals surface area contributed by atoms with Crippen molar-refractivity contribution in [1.82, 2.24) is 0 Å². The van der Waals surface area contributed by atoms with Gasteiger partial charge in [0, 0.05) is 12.5 Å². The Morgan fingerprint density at radius 3 is 2.52 bits per heavy atom. The lowest BCUT2D eigenvalue weighted by Gasteiger charge is -2.31. The molecule has 0 amide bonds. The van der Waals surface area contributed by atoms with Crippen molar-refractivity contribution in [1.29, 1.82) is 5.26 Å². The SMILES string of the molecule is CCOC1CCC(C(=O)OC2CCC(C#N)CC2F)CC1. The van der Waals surface area contributed by atoms with Crippen LogP contribution < -0.4 is 0 Å². The first kappa shape index (κ1) is 16.2. The lowest BCUT2D eigenvalue weighted by atomic mass is 9.86. The standard InChI is InChI=1S/C16H24FNO3/c1-2-20-13-6-4-12(5-7-13)16(19)21-15-8-3-11(10-18)9-14(15)17/h11-15H,2-9H2,1H3. The van der Waals surface area contributed by atoms with Gasteiger partial charge in [0.25, 0.3) is 0 Å². The number of rotatable bonds is 4. The zero-order valence-electron chi connectivity index (χ0n) is 12.6. The first-order chi connectivity index (χ1) is 10.1. The van der Waals surface area contributed by atoms with E-state index in [1.807, 2.05) is 6.92 Å². The van der Waals surface area contributed by atoms with Crippen LogP contribution in [0, 0.1) is 23.2 Å². The number of nitriles is 1. The van der Waals surface area contributed by atoms with Gasteiger partial charge < -0.3 is 9.47 Å². The summed E-state index contributed by atoms with van der Waals surface area (Å²) in [5, 5.41) is 8.81. The Kier molecular flexibility index (Phi) is 5.98. The number of nitrogens with zero attached hydrogens (tertiary/aromatic N) is 1. The van der Waals surface area contributed by atoms with E-state index in [1.54, 1.807) is 0 Å². The van der Waals surface area contributed by atoms with Crippen LogP contribution in [0.15, 0.2) is 0 Å². The van der Waals surface area contributed by atoms with Crippen molar-refractivity contribution in [3.8, 4) is 6.07 Å². The van der Waals surface area contributed by atoms with E-state index in [4.69, 9.17) is 14.7 Å². The van der Waals surface area contributed by atoms with E-state index >= 15 is 0 Å². The van der Waals surface area contributed by atoms with Gasteiger partial charge in [-0.25, -0.2) is 4.39 Å². The van der Waals surface area contributed by atoms with Crippen LogP contribution in [0.25, 0.3) is 0 Å². The number of esters is 1. The van der Waals surface area contributed by atoms with Crippen molar-refractivity contribution in [3.63, 3.8) is 0 Å². The molecule has 3 unspecified atom stereocenters. The Balaban J connectivity index is 1.76. The van der Waals surface area contributed by atoms with Crippen LogP contribution in [0.3, 0.4) is 0 Å². The molecule has 0 aromatic heterocycles. The Morgan fingerprint density at radius 1 is 1.24 bits per heavy atom. The zero-order chi connectivity index (χ0) is 15.2. The number of carbonyl (C=O) groups excluding carboxylic acids is 1. The summed E-state index contributed by atoms with van der Waals surface area (Å²) in [5.74, 6) is -0.632. The predicted molar refractivity (Wildman–Crippen MR) is 75.1 cm³/mol. The molecule has 0 radical (unpaired) electrons. The van der Waals surface area contributed by atoms with Crippen LogP contribution >= 0.6 is 0 Å². The van der Waals surface area contributed by atoms with Gasteiger partial charge in [0.1, 0.15) is 12.3 Å². The quantitative estimate of drug-likeness (QED) is 0.748. The molecule has 5 heteroatoms. The van der Waals surface area contributed by atoms with Gasteiger partial charge in [0.15, 0.2) is 0 Å². The average Bonchev–Trinajstić information content (AvgIpc) is 2.50. The molecule has 0 heterocycles. The molecule has 0 bridgehead atoms. The predicted octanol–water partition coefficient (Wildman–Crippen LogP) is 3.16. The van der Waals surface area contributed by atoms with Crippen molar-refractivity contribution < 1.29 is 18.7 Å². The molecule has 118 valence electrons. The Morgan fingerprint density at radius 2 is 1.95 bits per heavy atom. The molecule has 0 saturated heterocycles. The minimum Gasteiger partial charge on any atom is -0.459 e. The molecule has 0 aromatic rings. The second-order valence-corrected chi connectivity index (χ2v) is 6.06. The lowest BCUT2D eigenvalue weighted by molar-refractivity contribution is -0.162. The van der Waals surface area contributed by atoms with Crippen molar-refractivity contribution >= 4 is 5.97 Å². The van der Waals surface area contributed by atoms with Gasteiger partial charge in [0.05, 0.1) is 18.1 Å². The largest absolute Gasteiger partial charge is 0.459 e. The summed E-state index contributed by atoms with van der Waals surface area (Å²) in [6, 6.07) is 2.09. The van der Waals surface area contributed by atoms with E-state index in [-0.39, 0.29) is 30.3 Å². The molecule has 2 fully saturated rings.